The van der Waals surface area contributed by atoms with Crippen LogP contribution < -0.4 is 16.4 Å². The highest BCUT2D eigenvalue weighted by Crippen LogP contribution is 2.21. The molecule has 0 saturated heterocycles. The average molecular weight is 320 g/mol. The number of nitrogens with two attached hydrogens (primary N) is 1. The molecular weight excluding hydrogens is 298 g/mol. The van der Waals surface area contributed by atoms with E-state index in [0.717, 1.165) is 37.6 Å². The Bertz CT molecular complexity index is 672. The number of nitrogen functional groups attached to an aromatic ring is 1. The number of anilines is 2. The first-order valence-electron chi connectivity index (χ1n) is 7.29. The summed E-state index contributed by atoms with van der Waals surface area (Å²) in [7, 11) is 0. The maximum Gasteiger partial charge on any atom is 0.222 e. The Morgan fingerprint density at radius 1 is 1.23 bits per heavy atom. The Morgan fingerprint density at radius 2 is 2.05 bits per heavy atom. The molecule has 118 valence electrons. The van der Waals surface area contributed by atoms with E-state index in [4.69, 9.17) is 5.73 Å². The van der Waals surface area contributed by atoms with Gasteiger partial charge in [0, 0.05) is 18.7 Å². The third-order valence-electron chi connectivity index (χ3n) is 3.99. The Morgan fingerprint density at radius 3 is 2.82 bits per heavy atom. The number of halogens is 1. The van der Waals surface area contributed by atoms with Crippen LogP contribution in [0.25, 0.3) is 0 Å². The number of aryl methyl sites for hydroxylation is 2. The van der Waals surface area contributed by atoms with Crippen LogP contribution in [0.2, 0.25) is 0 Å². The summed E-state index contributed by atoms with van der Waals surface area (Å²) in [5, 5.41) is 6.73. The van der Waals surface area contributed by atoms with Gasteiger partial charge in [-0.15, -0.1) is 12.4 Å². The van der Waals surface area contributed by atoms with E-state index in [9.17, 15) is 0 Å². The minimum absolute atomic E-state index is 0. The fourth-order valence-corrected chi connectivity index (χ4v) is 2.62. The molecule has 0 radical (unpaired) electrons. The molecule has 5 nitrogen and oxygen atoms in total. The third kappa shape index (κ3) is 3.48. The number of hydrogen-bond donors (Lipinski definition) is 3. The first-order valence-corrected chi connectivity index (χ1v) is 7.29. The van der Waals surface area contributed by atoms with Gasteiger partial charge in [0.2, 0.25) is 5.95 Å². The number of aromatic nitrogens is 2. The highest BCUT2D eigenvalue weighted by Gasteiger charge is 2.16. The van der Waals surface area contributed by atoms with Crippen molar-refractivity contribution in [3.05, 3.63) is 46.1 Å². The first kappa shape index (κ1) is 16.5. The van der Waals surface area contributed by atoms with Crippen LogP contribution in [-0.4, -0.2) is 16.5 Å². The van der Waals surface area contributed by atoms with Crippen molar-refractivity contribution in [2.45, 2.75) is 33.4 Å². The van der Waals surface area contributed by atoms with E-state index in [1.54, 1.807) is 0 Å². The van der Waals surface area contributed by atoms with Crippen molar-refractivity contribution < 1.29 is 0 Å². The molecule has 0 bridgehead atoms. The summed E-state index contributed by atoms with van der Waals surface area (Å²) < 4.78 is 0. The predicted molar refractivity (Wildman–Crippen MR) is 92.3 cm³/mol. The molecule has 4 N–H and O–H groups in total. The molecule has 0 amide bonds. The molecule has 22 heavy (non-hydrogen) atoms. The Labute approximate surface area is 137 Å². The van der Waals surface area contributed by atoms with Crippen LogP contribution in [-0.2, 0) is 19.5 Å². The topological polar surface area (TPSA) is 75.9 Å². The van der Waals surface area contributed by atoms with Crippen molar-refractivity contribution in [1.29, 1.82) is 0 Å². The van der Waals surface area contributed by atoms with E-state index in [0.29, 0.717) is 5.95 Å². The van der Waals surface area contributed by atoms with E-state index in [-0.39, 0.29) is 12.4 Å². The zero-order valence-electron chi connectivity index (χ0n) is 12.9. The standard InChI is InChI=1S/C16H21N5.ClH/c1-10-3-4-12(7-11(10)2)8-19-15-13-5-6-18-9-14(13)20-16(17)21-15;/h3-4,7,18H,5-6,8-9H2,1-2H3,(H3,17,19,20,21);1H. The van der Waals surface area contributed by atoms with Crippen LogP contribution >= 0.6 is 12.4 Å². The second kappa shape index (κ2) is 6.94. The van der Waals surface area contributed by atoms with Crippen molar-refractivity contribution >= 4 is 24.2 Å². The Hall–Kier alpha value is -1.85. The van der Waals surface area contributed by atoms with E-state index in [2.05, 4.69) is 52.6 Å². The summed E-state index contributed by atoms with van der Waals surface area (Å²) >= 11 is 0. The third-order valence-corrected chi connectivity index (χ3v) is 3.99. The number of hydrogen-bond acceptors (Lipinski definition) is 5. The lowest BCUT2D eigenvalue weighted by Crippen LogP contribution is -2.26. The molecule has 0 unspecified atom stereocenters. The minimum Gasteiger partial charge on any atom is -0.368 e. The molecule has 0 atom stereocenters. The normalized spacial score (nSPS) is 13.2. The van der Waals surface area contributed by atoms with Gasteiger partial charge in [-0.3, -0.25) is 0 Å². The molecule has 0 fully saturated rings. The van der Waals surface area contributed by atoms with E-state index >= 15 is 0 Å². The lowest BCUT2D eigenvalue weighted by atomic mass is 10.1. The summed E-state index contributed by atoms with van der Waals surface area (Å²) in [5.74, 6) is 1.21. The number of nitrogens with one attached hydrogen (secondary N) is 2. The SMILES string of the molecule is Cc1ccc(CNc2nc(N)nc3c2CCNC3)cc1C.Cl. The summed E-state index contributed by atoms with van der Waals surface area (Å²) in [6.45, 7) is 6.73. The Kier molecular flexibility index (Phi) is 5.21. The molecular formula is C16H22ClN5. The van der Waals surface area contributed by atoms with Crippen LogP contribution in [0, 0.1) is 13.8 Å². The van der Waals surface area contributed by atoms with Gasteiger partial charge in [0.15, 0.2) is 0 Å². The summed E-state index contributed by atoms with van der Waals surface area (Å²) in [6.07, 6.45) is 0.935. The monoisotopic (exact) mass is 319 g/mol. The van der Waals surface area contributed by atoms with Crippen LogP contribution in [0.15, 0.2) is 18.2 Å². The van der Waals surface area contributed by atoms with Crippen molar-refractivity contribution in [2.75, 3.05) is 17.6 Å². The van der Waals surface area contributed by atoms with Gasteiger partial charge in [-0.25, -0.2) is 4.98 Å². The van der Waals surface area contributed by atoms with Crippen molar-refractivity contribution in [1.82, 2.24) is 15.3 Å². The molecule has 0 aliphatic carbocycles. The highest BCUT2D eigenvalue weighted by molar-refractivity contribution is 5.85. The molecule has 0 spiro atoms. The zero-order valence-corrected chi connectivity index (χ0v) is 13.8. The van der Waals surface area contributed by atoms with Gasteiger partial charge in [-0.1, -0.05) is 18.2 Å². The molecule has 1 aliphatic heterocycles. The highest BCUT2D eigenvalue weighted by atomic mass is 35.5. The largest absolute Gasteiger partial charge is 0.368 e. The van der Waals surface area contributed by atoms with Crippen LogP contribution in [0.4, 0.5) is 11.8 Å². The van der Waals surface area contributed by atoms with Crippen molar-refractivity contribution in [3.8, 4) is 0 Å². The zero-order chi connectivity index (χ0) is 14.8. The lowest BCUT2D eigenvalue weighted by Gasteiger charge is -2.20. The fourth-order valence-electron chi connectivity index (χ4n) is 2.62. The number of nitrogens with zero attached hydrogens (tertiary/aromatic N) is 2. The number of rotatable bonds is 3. The van der Waals surface area contributed by atoms with Gasteiger partial charge in [0.1, 0.15) is 5.82 Å². The smallest absolute Gasteiger partial charge is 0.222 e. The maximum atomic E-state index is 5.81. The number of fused-ring (bicyclic) bond motifs is 1. The maximum absolute atomic E-state index is 5.81. The molecule has 1 aromatic heterocycles. The molecule has 1 aliphatic rings. The van der Waals surface area contributed by atoms with Gasteiger partial charge >= 0.3 is 0 Å². The molecule has 3 rings (SSSR count). The lowest BCUT2D eigenvalue weighted by molar-refractivity contribution is 0.625. The van der Waals surface area contributed by atoms with Gasteiger partial charge in [0.25, 0.3) is 0 Å². The van der Waals surface area contributed by atoms with Gasteiger partial charge < -0.3 is 16.4 Å². The number of benzene rings is 1. The molecule has 1 aromatic carbocycles. The van der Waals surface area contributed by atoms with Gasteiger partial charge in [0.05, 0.1) is 5.69 Å². The van der Waals surface area contributed by atoms with Crippen molar-refractivity contribution in [3.63, 3.8) is 0 Å². The Balaban J connectivity index is 0.00000176. The molecule has 2 aromatic rings. The minimum atomic E-state index is 0. The van der Waals surface area contributed by atoms with Gasteiger partial charge in [-0.05, 0) is 43.5 Å². The average Bonchev–Trinajstić information content (AvgIpc) is 2.48. The van der Waals surface area contributed by atoms with Gasteiger partial charge in [-0.2, -0.15) is 4.98 Å². The quantitative estimate of drug-likeness (QED) is 0.809. The second-order valence-corrected chi connectivity index (χ2v) is 5.55. The molecule has 6 heteroatoms. The van der Waals surface area contributed by atoms with E-state index in [1.165, 1.54) is 22.3 Å². The summed E-state index contributed by atoms with van der Waals surface area (Å²) in [5.41, 5.74) is 11.9. The fraction of sp³-hybridized carbons (Fsp3) is 0.375. The van der Waals surface area contributed by atoms with Crippen LogP contribution in [0.1, 0.15) is 27.9 Å². The van der Waals surface area contributed by atoms with Crippen molar-refractivity contribution in [2.24, 2.45) is 0 Å². The molecule has 0 saturated carbocycles. The van der Waals surface area contributed by atoms with E-state index < -0.39 is 0 Å². The first-order chi connectivity index (χ1) is 10.1. The summed E-state index contributed by atoms with van der Waals surface area (Å²) in [4.78, 5) is 8.69. The second-order valence-electron chi connectivity index (χ2n) is 5.55. The van der Waals surface area contributed by atoms with Crippen LogP contribution in [0.3, 0.4) is 0 Å². The molecule has 2 heterocycles. The predicted octanol–water partition coefficient (Wildman–Crippen LogP) is 2.36. The summed E-state index contributed by atoms with van der Waals surface area (Å²) in [6, 6.07) is 6.51. The van der Waals surface area contributed by atoms with E-state index in [1.807, 2.05) is 0 Å². The van der Waals surface area contributed by atoms with Crippen LogP contribution in [0.5, 0.6) is 0 Å².